The Labute approximate surface area is 158 Å². The quantitative estimate of drug-likeness (QED) is 0.832. The molecule has 6 heteroatoms. The van der Waals surface area contributed by atoms with Crippen LogP contribution in [0.5, 0.6) is 0 Å². The van der Waals surface area contributed by atoms with Crippen molar-refractivity contribution in [2.24, 2.45) is 5.92 Å². The number of hydrogen-bond acceptors (Lipinski definition) is 5. The number of hydroxylamine groups is 1. The Hall–Kier alpha value is -2.86. The molecule has 6 nitrogen and oxygen atoms in total. The van der Waals surface area contributed by atoms with Crippen LogP contribution in [0.25, 0.3) is 0 Å². The van der Waals surface area contributed by atoms with Gasteiger partial charge >= 0.3 is 6.09 Å². The molecule has 2 fully saturated rings. The summed E-state index contributed by atoms with van der Waals surface area (Å²) >= 11 is 0. The predicted octanol–water partition coefficient (Wildman–Crippen LogP) is 3.47. The number of anilines is 1. The second kappa shape index (κ2) is 7.04. The van der Waals surface area contributed by atoms with Crippen molar-refractivity contribution < 1.29 is 19.2 Å². The summed E-state index contributed by atoms with van der Waals surface area (Å²) in [7, 11) is 0. The lowest BCUT2D eigenvalue weighted by atomic mass is 9.88. The lowest BCUT2D eigenvalue weighted by molar-refractivity contribution is -0.133. The van der Waals surface area contributed by atoms with E-state index in [1.54, 1.807) is 5.06 Å². The van der Waals surface area contributed by atoms with Crippen LogP contribution < -0.4 is 5.06 Å². The van der Waals surface area contributed by atoms with Crippen LogP contribution in [0.2, 0.25) is 0 Å². The summed E-state index contributed by atoms with van der Waals surface area (Å²) in [4.78, 5) is 32.5. The van der Waals surface area contributed by atoms with E-state index in [1.807, 2.05) is 68.4 Å². The normalized spacial score (nSPS) is 25.0. The van der Waals surface area contributed by atoms with E-state index in [4.69, 9.17) is 9.57 Å². The SMILES string of the molecule is Cc1ccc(N2O[C@@H](C)[C@H](C(=O)N3CCOC3=O)[C@@H]2c2ccccc2)cc1. The average Bonchev–Trinajstić information content (AvgIpc) is 3.26. The number of aryl methyl sites for hydroxylation is 1. The van der Waals surface area contributed by atoms with Gasteiger partial charge in [-0.05, 0) is 31.5 Å². The molecule has 2 aliphatic heterocycles. The Morgan fingerprint density at radius 2 is 1.78 bits per heavy atom. The molecule has 0 radical (unpaired) electrons. The van der Waals surface area contributed by atoms with E-state index in [0.717, 1.165) is 16.8 Å². The number of cyclic esters (lactones) is 1. The van der Waals surface area contributed by atoms with Gasteiger partial charge < -0.3 is 4.74 Å². The van der Waals surface area contributed by atoms with E-state index in [9.17, 15) is 9.59 Å². The Morgan fingerprint density at radius 3 is 2.41 bits per heavy atom. The number of hydrogen-bond donors (Lipinski definition) is 0. The third-order valence-corrected chi connectivity index (χ3v) is 5.12. The van der Waals surface area contributed by atoms with Gasteiger partial charge in [-0.1, -0.05) is 48.0 Å². The van der Waals surface area contributed by atoms with Gasteiger partial charge in [0.15, 0.2) is 0 Å². The standard InChI is InChI=1S/C21H22N2O4/c1-14-8-10-17(11-9-14)23-19(16-6-4-3-5-7-16)18(15(2)27-23)20(24)22-12-13-26-21(22)25/h3-11,15,18-19H,12-13H2,1-2H3/t15-,18-,19-/m0/s1. The van der Waals surface area contributed by atoms with E-state index in [1.165, 1.54) is 4.90 Å². The smallest absolute Gasteiger partial charge is 0.416 e. The highest BCUT2D eigenvalue weighted by Crippen LogP contribution is 2.43. The molecular formula is C21H22N2O4. The minimum Gasteiger partial charge on any atom is -0.447 e. The van der Waals surface area contributed by atoms with Gasteiger partial charge in [-0.25, -0.2) is 14.8 Å². The van der Waals surface area contributed by atoms with Crippen molar-refractivity contribution in [3.63, 3.8) is 0 Å². The van der Waals surface area contributed by atoms with Crippen LogP contribution in [0.15, 0.2) is 54.6 Å². The van der Waals surface area contributed by atoms with E-state index in [-0.39, 0.29) is 31.2 Å². The lowest BCUT2D eigenvalue weighted by Crippen LogP contribution is -2.41. The Bertz CT molecular complexity index is 837. The van der Waals surface area contributed by atoms with Gasteiger partial charge in [-0.3, -0.25) is 9.63 Å². The molecule has 0 bridgehead atoms. The molecule has 2 aliphatic rings. The third-order valence-electron chi connectivity index (χ3n) is 5.12. The number of benzene rings is 2. The molecule has 0 aliphatic carbocycles. The number of rotatable bonds is 3. The molecule has 0 unspecified atom stereocenters. The van der Waals surface area contributed by atoms with Crippen LogP contribution in [-0.4, -0.2) is 36.2 Å². The number of amides is 2. The number of nitrogens with zero attached hydrogens (tertiary/aromatic N) is 2. The second-order valence-corrected chi connectivity index (χ2v) is 6.96. The van der Waals surface area contributed by atoms with Gasteiger partial charge in [0.2, 0.25) is 5.91 Å². The van der Waals surface area contributed by atoms with E-state index in [0.29, 0.717) is 0 Å². The maximum atomic E-state index is 13.2. The van der Waals surface area contributed by atoms with Crippen molar-refractivity contribution in [3.05, 3.63) is 65.7 Å². The zero-order valence-corrected chi connectivity index (χ0v) is 15.4. The number of carbonyl (C=O) groups excluding carboxylic acids is 2. The molecule has 0 spiro atoms. The van der Waals surface area contributed by atoms with Crippen LogP contribution in [0, 0.1) is 12.8 Å². The van der Waals surface area contributed by atoms with Gasteiger partial charge in [0, 0.05) is 0 Å². The summed E-state index contributed by atoms with van der Waals surface area (Å²) in [6.07, 6.45) is -0.954. The summed E-state index contributed by atoms with van der Waals surface area (Å²) in [6.45, 7) is 4.42. The minimum atomic E-state index is -0.576. The zero-order chi connectivity index (χ0) is 19.0. The van der Waals surface area contributed by atoms with Crippen molar-refractivity contribution in [1.82, 2.24) is 4.90 Å². The maximum Gasteiger partial charge on any atom is 0.416 e. The fourth-order valence-corrected chi connectivity index (χ4v) is 3.73. The molecule has 2 heterocycles. The highest BCUT2D eigenvalue weighted by Gasteiger charge is 2.49. The molecule has 140 valence electrons. The van der Waals surface area contributed by atoms with Crippen molar-refractivity contribution in [1.29, 1.82) is 0 Å². The Morgan fingerprint density at radius 1 is 1.07 bits per heavy atom. The Kier molecular flexibility index (Phi) is 4.58. The van der Waals surface area contributed by atoms with Crippen molar-refractivity contribution >= 4 is 17.7 Å². The number of ether oxygens (including phenoxy) is 1. The average molecular weight is 366 g/mol. The molecule has 0 N–H and O–H groups in total. The summed E-state index contributed by atoms with van der Waals surface area (Å²) in [5.41, 5.74) is 2.99. The molecule has 0 aromatic heterocycles. The summed E-state index contributed by atoms with van der Waals surface area (Å²) in [5, 5.41) is 1.80. The minimum absolute atomic E-state index is 0.240. The lowest BCUT2D eigenvalue weighted by Gasteiger charge is -2.28. The highest BCUT2D eigenvalue weighted by molar-refractivity contribution is 5.95. The van der Waals surface area contributed by atoms with Gasteiger partial charge in [-0.15, -0.1) is 0 Å². The molecule has 3 atom stereocenters. The molecule has 2 saturated heterocycles. The molecule has 27 heavy (non-hydrogen) atoms. The highest BCUT2D eigenvalue weighted by atomic mass is 16.7. The molecule has 2 aromatic rings. The third kappa shape index (κ3) is 3.17. The topological polar surface area (TPSA) is 59.1 Å². The number of carbonyl (C=O) groups is 2. The van der Waals surface area contributed by atoms with Gasteiger partial charge in [0.1, 0.15) is 6.61 Å². The first kappa shape index (κ1) is 17.5. The fourth-order valence-electron chi connectivity index (χ4n) is 3.73. The van der Waals surface area contributed by atoms with E-state index >= 15 is 0 Å². The monoisotopic (exact) mass is 366 g/mol. The van der Waals surface area contributed by atoms with Crippen LogP contribution in [-0.2, 0) is 14.4 Å². The van der Waals surface area contributed by atoms with E-state index < -0.39 is 12.0 Å². The molecular weight excluding hydrogens is 344 g/mol. The summed E-state index contributed by atoms with van der Waals surface area (Å²) < 4.78 is 4.96. The van der Waals surface area contributed by atoms with Crippen LogP contribution in [0.1, 0.15) is 24.1 Å². The first-order valence-corrected chi connectivity index (χ1v) is 9.12. The van der Waals surface area contributed by atoms with Gasteiger partial charge in [-0.2, -0.15) is 0 Å². The van der Waals surface area contributed by atoms with Crippen LogP contribution >= 0.6 is 0 Å². The van der Waals surface area contributed by atoms with Crippen molar-refractivity contribution in [3.8, 4) is 0 Å². The van der Waals surface area contributed by atoms with Crippen molar-refractivity contribution in [2.75, 3.05) is 18.2 Å². The predicted molar refractivity (Wildman–Crippen MR) is 99.9 cm³/mol. The maximum absolute atomic E-state index is 13.2. The first-order valence-electron chi connectivity index (χ1n) is 9.12. The van der Waals surface area contributed by atoms with Crippen LogP contribution in [0.4, 0.5) is 10.5 Å². The molecule has 0 saturated carbocycles. The van der Waals surface area contributed by atoms with Crippen LogP contribution in [0.3, 0.4) is 0 Å². The fraction of sp³-hybridized carbons (Fsp3) is 0.333. The zero-order valence-electron chi connectivity index (χ0n) is 15.4. The summed E-state index contributed by atoms with van der Waals surface area (Å²) in [5.74, 6) is -0.771. The van der Waals surface area contributed by atoms with Gasteiger partial charge in [0.05, 0.1) is 30.3 Å². The van der Waals surface area contributed by atoms with Crippen molar-refractivity contribution in [2.45, 2.75) is 26.0 Å². The summed E-state index contributed by atoms with van der Waals surface area (Å²) in [6, 6.07) is 17.4. The first-order chi connectivity index (χ1) is 13.1. The molecule has 4 rings (SSSR count). The van der Waals surface area contributed by atoms with E-state index in [2.05, 4.69) is 0 Å². The molecule has 2 amide bonds. The second-order valence-electron chi connectivity index (χ2n) is 6.96. The number of imide groups is 1. The Balaban J connectivity index is 1.74. The molecule has 2 aromatic carbocycles. The van der Waals surface area contributed by atoms with Gasteiger partial charge in [0.25, 0.3) is 0 Å². The largest absolute Gasteiger partial charge is 0.447 e.